The molecule has 4 rings (SSSR count). The summed E-state index contributed by atoms with van der Waals surface area (Å²) in [5.41, 5.74) is -0.175. The van der Waals surface area contributed by atoms with Crippen molar-refractivity contribution in [2.24, 2.45) is 0 Å². The topological polar surface area (TPSA) is 21.7 Å². The van der Waals surface area contributed by atoms with Crippen LogP contribution in [0.25, 0.3) is 0 Å². The lowest BCUT2D eigenvalue weighted by Gasteiger charge is -2.45. The third-order valence-corrected chi connectivity index (χ3v) is 11.6. The minimum atomic E-state index is -2.50. The van der Waals surface area contributed by atoms with E-state index in [-0.39, 0.29) is 16.7 Å². The minimum absolute atomic E-state index is 0.000471. The SMILES string of the molecule is CC1OC2(CO[Si](c3ccccc3)(c3ccccc3)C(C)(C)C)C[C@H]1N(C)C2. The van der Waals surface area contributed by atoms with Gasteiger partial charge in [-0.25, -0.2) is 0 Å². The average Bonchev–Trinajstić information content (AvgIpc) is 3.16. The van der Waals surface area contributed by atoms with Crippen LogP contribution in [-0.4, -0.2) is 51.2 Å². The Morgan fingerprint density at radius 2 is 1.57 bits per heavy atom. The van der Waals surface area contributed by atoms with Gasteiger partial charge in [-0.2, -0.15) is 0 Å². The van der Waals surface area contributed by atoms with Crippen LogP contribution in [0.5, 0.6) is 0 Å². The largest absolute Gasteiger partial charge is 0.404 e. The van der Waals surface area contributed by atoms with Gasteiger partial charge in [0.05, 0.1) is 12.7 Å². The van der Waals surface area contributed by atoms with Gasteiger partial charge in [-0.1, -0.05) is 81.4 Å². The van der Waals surface area contributed by atoms with E-state index in [4.69, 9.17) is 9.16 Å². The second-order valence-corrected chi connectivity index (χ2v) is 14.0. The fraction of sp³-hybridized carbons (Fsp3) is 0.500. The summed E-state index contributed by atoms with van der Waals surface area (Å²) in [6.45, 7) is 10.8. The number of hydrogen-bond acceptors (Lipinski definition) is 3. The number of rotatable bonds is 5. The maximum atomic E-state index is 7.16. The van der Waals surface area contributed by atoms with Gasteiger partial charge in [0.25, 0.3) is 8.32 Å². The first-order valence-electron chi connectivity index (χ1n) is 10.4. The lowest BCUT2D eigenvalue weighted by molar-refractivity contribution is -0.102. The number of likely N-dealkylation sites (tertiary alicyclic amines) is 1. The molecule has 0 amide bonds. The summed E-state index contributed by atoms with van der Waals surface area (Å²) >= 11 is 0. The van der Waals surface area contributed by atoms with Crippen LogP contribution in [0.2, 0.25) is 5.04 Å². The third-order valence-electron chi connectivity index (χ3n) is 6.63. The Bertz CT molecular complexity index is 751. The van der Waals surface area contributed by atoms with E-state index in [1.165, 1.54) is 10.4 Å². The molecule has 0 aliphatic carbocycles. The van der Waals surface area contributed by atoms with Gasteiger partial charge < -0.3 is 9.16 Å². The molecule has 2 aliphatic rings. The van der Waals surface area contributed by atoms with Gasteiger partial charge in [-0.15, -0.1) is 0 Å². The Labute approximate surface area is 170 Å². The Hall–Kier alpha value is -1.46. The Kier molecular flexibility index (Phi) is 5.03. The molecule has 150 valence electrons. The van der Waals surface area contributed by atoms with Crippen LogP contribution in [0.15, 0.2) is 60.7 Å². The Morgan fingerprint density at radius 1 is 1.04 bits per heavy atom. The van der Waals surface area contributed by atoms with Crippen molar-refractivity contribution in [2.75, 3.05) is 20.2 Å². The summed E-state index contributed by atoms with van der Waals surface area (Å²) in [5.74, 6) is 0. The summed E-state index contributed by atoms with van der Waals surface area (Å²) < 4.78 is 13.6. The summed E-state index contributed by atoms with van der Waals surface area (Å²) in [6.07, 6.45) is 1.35. The van der Waals surface area contributed by atoms with Crippen molar-refractivity contribution in [1.82, 2.24) is 4.90 Å². The second-order valence-electron chi connectivity index (χ2n) is 9.64. The van der Waals surface area contributed by atoms with Crippen molar-refractivity contribution >= 4 is 18.7 Å². The van der Waals surface area contributed by atoms with Crippen LogP contribution in [0.3, 0.4) is 0 Å². The number of likely N-dealkylation sites (N-methyl/N-ethyl adjacent to an activating group) is 1. The molecule has 2 aliphatic heterocycles. The summed E-state index contributed by atoms with van der Waals surface area (Å²) in [4.78, 5) is 2.45. The first kappa shape index (κ1) is 19.8. The Balaban J connectivity index is 1.76. The first-order chi connectivity index (χ1) is 13.3. The van der Waals surface area contributed by atoms with Crippen molar-refractivity contribution in [3.05, 3.63) is 60.7 Å². The molecule has 3 nitrogen and oxygen atoms in total. The molecule has 28 heavy (non-hydrogen) atoms. The molecule has 0 radical (unpaired) electrons. The molecule has 2 saturated heterocycles. The molecular weight excluding hydrogens is 362 g/mol. The molecule has 2 fully saturated rings. The molecule has 3 atom stereocenters. The summed E-state index contributed by atoms with van der Waals surface area (Å²) in [6, 6.07) is 22.3. The minimum Gasteiger partial charge on any atom is -0.404 e. The lowest BCUT2D eigenvalue weighted by Crippen LogP contribution is -2.67. The molecule has 2 heterocycles. The molecule has 2 aromatic rings. The highest BCUT2D eigenvalue weighted by Gasteiger charge is 2.56. The zero-order chi connectivity index (χ0) is 20.0. The third kappa shape index (κ3) is 3.16. The molecule has 0 N–H and O–H groups in total. The van der Waals surface area contributed by atoms with Crippen LogP contribution in [0, 0.1) is 0 Å². The lowest BCUT2D eigenvalue weighted by atomic mass is 10.0. The van der Waals surface area contributed by atoms with Crippen molar-refractivity contribution < 1.29 is 9.16 Å². The van der Waals surface area contributed by atoms with E-state index in [0.717, 1.165) is 13.0 Å². The maximum absolute atomic E-state index is 7.16. The highest BCUT2D eigenvalue weighted by atomic mass is 28.4. The normalized spacial score (nSPS) is 28.0. The van der Waals surface area contributed by atoms with Gasteiger partial charge in [0.2, 0.25) is 0 Å². The monoisotopic (exact) mass is 395 g/mol. The molecule has 2 unspecified atom stereocenters. The van der Waals surface area contributed by atoms with Gasteiger partial charge in [-0.3, -0.25) is 4.90 Å². The van der Waals surface area contributed by atoms with Gasteiger partial charge in [-0.05, 0) is 35.8 Å². The molecule has 0 spiro atoms. The summed E-state index contributed by atoms with van der Waals surface area (Å²) in [5, 5.41) is 2.67. The van der Waals surface area contributed by atoms with Gasteiger partial charge in [0.1, 0.15) is 5.60 Å². The van der Waals surface area contributed by atoms with E-state index in [1.807, 2.05) is 0 Å². The van der Waals surface area contributed by atoms with E-state index in [2.05, 4.69) is 100 Å². The highest BCUT2D eigenvalue weighted by Crippen LogP contribution is 2.43. The van der Waals surface area contributed by atoms with Crippen molar-refractivity contribution in [2.45, 2.75) is 56.9 Å². The number of benzene rings is 2. The average molecular weight is 396 g/mol. The van der Waals surface area contributed by atoms with Crippen LogP contribution in [-0.2, 0) is 9.16 Å². The van der Waals surface area contributed by atoms with Crippen LogP contribution in [0.4, 0.5) is 0 Å². The zero-order valence-electron chi connectivity index (χ0n) is 17.8. The summed E-state index contributed by atoms with van der Waals surface area (Å²) in [7, 11) is -0.288. The van der Waals surface area contributed by atoms with Crippen LogP contribution < -0.4 is 10.4 Å². The molecule has 0 saturated carbocycles. The number of fused-ring (bicyclic) bond motifs is 2. The first-order valence-corrected chi connectivity index (χ1v) is 12.3. The highest BCUT2D eigenvalue weighted by molar-refractivity contribution is 6.99. The van der Waals surface area contributed by atoms with Crippen molar-refractivity contribution in [3.8, 4) is 0 Å². The number of nitrogens with zero attached hydrogens (tertiary/aromatic N) is 1. The van der Waals surface area contributed by atoms with E-state index in [0.29, 0.717) is 12.6 Å². The fourth-order valence-corrected chi connectivity index (χ4v) is 10.0. The molecule has 2 bridgehead atoms. The number of morpholine rings is 1. The van der Waals surface area contributed by atoms with E-state index in [1.54, 1.807) is 0 Å². The quantitative estimate of drug-likeness (QED) is 0.724. The van der Waals surface area contributed by atoms with Gasteiger partial charge in [0.15, 0.2) is 0 Å². The zero-order valence-corrected chi connectivity index (χ0v) is 18.8. The number of ether oxygens (including phenoxy) is 1. The standard InChI is InChI=1S/C24H33NO2Si/c1-19-22-16-24(27-19,17-25(22)5)18-26-28(23(2,3)4,20-12-8-6-9-13-20)21-14-10-7-11-15-21/h6-15,19,22H,16-18H2,1-5H3/t19?,22-,24?/m1/s1. The Morgan fingerprint density at radius 3 is 2.00 bits per heavy atom. The molecule has 0 aromatic heterocycles. The van der Waals surface area contributed by atoms with Crippen LogP contribution >= 0.6 is 0 Å². The predicted octanol–water partition coefficient (Wildman–Crippen LogP) is 3.42. The van der Waals surface area contributed by atoms with Crippen molar-refractivity contribution in [1.29, 1.82) is 0 Å². The molecule has 2 aromatic carbocycles. The second kappa shape index (κ2) is 7.10. The fourth-order valence-electron chi connectivity index (χ4n) is 5.40. The van der Waals surface area contributed by atoms with Crippen LogP contribution in [0.1, 0.15) is 34.1 Å². The molecular formula is C24H33NO2Si. The van der Waals surface area contributed by atoms with Gasteiger partial charge in [0, 0.05) is 12.6 Å². The van der Waals surface area contributed by atoms with E-state index in [9.17, 15) is 0 Å². The maximum Gasteiger partial charge on any atom is 0.261 e. The van der Waals surface area contributed by atoms with Gasteiger partial charge >= 0.3 is 0 Å². The van der Waals surface area contributed by atoms with E-state index >= 15 is 0 Å². The number of hydrogen-bond donors (Lipinski definition) is 0. The smallest absolute Gasteiger partial charge is 0.261 e. The molecule has 4 heteroatoms. The predicted molar refractivity (Wildman–Crippen MR) is 118 cm³/mol. The van der Waals surface area contributed by atoms with Crippen molar-refractivity contribution in [3.63, 3.8) is 0 Å². The van der Waals surface area contributed by atoms with E-state index < -0.39 is 8.32 Å².